The van der Waals surface area contributed by atoms with Crippen LogP contribution in [0.15, 0.2) is 10.6 Å². The van der Waals surface area contributed by atoms with E-state index in [1.807, 2.05) is 13.8 Å². The van der Waals surface area contributed by atoms with Gasteiger partial charge in [-0.1, -0.05) is 19.0 Å². The predicted octanol–water partition coefficient (Wildman–Crippen LogP) is 0.521. The van der Waals surface area contributed by atoms with E-state index in [1.54, 1.807) is 6.92 Å². The molecular formula is C19H30N4O5. The number of carbonyl (C=O) groups is 3. The Labute approximate surface area is 164 Å². The van der Waals surface area contributed by atoms with E-state index < -0.39 is 23.9 Å². The topological polar surface area (TPSA) is 134 Å². The molecule has 0 bridgehead atoms. The number of nitrogens with one attached hydrogen (secondary N) is 3. The minimum atomic E-state index is -0.779. The maximum absolute atomic E-state index is 12.8. The normalized spacial score (nSPS) is 19.0. The lowest BCUT2D eigenvalue weighted by molar-refractivity contribution is -0.128. The van der Waals surface area contributed by atoms with Crippen molar-refractivity contribution in [1.29, 1.82) is 0 Å². The van der Waals surface area contributed by atoms with E-state index in [0.29, 0.717) is 25.1 Å². The molecule has 1 saturated heterocycles. The monoisotopic (exact) mass is 394 g/mol. The summed E-state index contributed by atoms with van der Waals surface area (Å²) < 4.78 is 4.90. The van der Waals surface area contributed by atoms with Gasteiger partial charge in [0.15, 0.2) is 5.69 Å². The van der Waals surface area contributed by atoms with E-state index in [0.717, 1.165) is 12.8 Å². The Morgan fingerprint density at radius 1 is 1.39 bits per heavy atom. The Kier molecular flexibility index (Phi) is 7.98. The van der Waals surface area contributed by atoms with Gasteiger partial charge in [0.2, 0.25) is 11.8 Å². The molecule has 1 aromatic rings. The van der Waals surface area contributed by atoms with Gasteiger partial charge in [0, 0.05) is 18.5 Å². The lowest BCUT2D eigenvalue weighted by Crippen LogP contribution is -2.52. The standard InChI is InChI=1S/C19H30N4O5/c1-11(2)7-15(22-19(27)16-8-12(3)28-23-16)18(26)21-14(10-24)9-13-5-4-6-20-17(13)25/h8,11,13-15,24H,4-7,9-10H2,1-3H3,(H,20,25)(H,21,26)(H,22,27)/t13-,14-,15-/m0/s1. The summed E-state index contributed by atoms with van der Waals surface area (Å²) in [4.78, 5) is 37.1. The second-order valence-corrected chi connectivity index (χ2v) is 7.73. The van der Waals surface area contributed by atoms with Crippen LogP contribution in [-0.4, -0.2) is 53.2 Å². The van der Waals surface area contributed by atoms with Crippen LogP contribution in [0.3, 0.4) is 0 Å². The number of hydrogen-bond donors (Lipinski definition) is 4. The average molecular weight is 394 g/mol. The first-order chi connectivity index (χ1) is 13.3. The Morgan fingerprint density at radius 3 is 2.71 bits per heavy atom. The van der Waals surface area contributed by atoms with Crippen molar-refractivity contribution in [3.05, 3.63) is 17.5 Å². The number of hydrogen-bond acceptors (Lipinski definition) is 6. The molecule has 0 aliphatic carbocycles. The van der Waals surface area contributed by atoms with Crippen molar-refractivity contribution in [3.63, 3.8) is 0 Å². The highest BCUT2D eigenvalue weighted by molar-refractivity contribution is 5.96. The maximum atomic E-state index is 12.8. The summed E-state index contributed by atoms with van der Waals surface area (Å²) in [7, 11) is 0. The quantitative estimate of drug-likeness (QED) is 0.483. The highest BCUT2D eigenvalue weighted by atomic mass is 16.5. The van der Waals surface area contributed by atoms with E-state index in [-0.39, 0.29) is 30.0 Å². The maximum Gasteiger partial charge on any atom is 0.274 e. The summed E-state index contributed by atoms with van der Waals surface area (Å²) in [6.07, 6.45) is 2.40. The van der Waals surface area contributed by atoms with Crippen LogP contribution < -0.4 is 16.0 Å². The van der Waals surface area contributed by atoms with Crippen molar-refractivity contribution in [2.24, 2.45) is 11.8 Å². The second kappa shape index (κ2) is 10.2. The van der Waals surface area contributed by atoms with Gasteiger partial charge in [0.25, 0.3) is 5.91 Å². The van der Waals surface area contributed by atoms with Crippen LogP contribution in [-0.2, 0) is 9.59 Å². The molecular weight excluding hydrogens is 364 g/mol. The summed E-state index contributed by atoms with van der Waals surface area (Å²) >= 11 is 0. The molecule has 156 valence electrons. The third-order valence-corrected chi connectivity index (χ3v) is 4.72. The molecule has 2 heterocycles. The van der Waals surface area contributed by atoms with Crippen LogP contribution in [0.5, 0.6) is 0 Å². The van der Waals surface area contributed by atoms with Gasteiger partial charge in [-0.15, -0.1) is 0 Å². The highest BCUT2D eigenvalue weighted by Crippen LogP contribution is 2.17. The first-order valence-corrected chi connectivity index (χ1v) is 9.73. The molecule has 9 heteroatoms. The zero-order chi connectivity index (χ0) is 20.7. The Morgan fingerprint density at radius 2 is 2.14 bits per heavy atom. The highest BCUT2D eigenvalue weighted by Gasteiger charge is 2.29. The molecule has 4 N–H and O–H groups in total. The SMILES string of the molecule is Cc1cc(C(=O)N[C@@H](CC(C)C)C(=O)N[C@H](CO)C[C@@H]2CCCNC2=O)no1. The Balaban J connectivity index is 1.99. The zero-order valence-corrected chi connectivity index (χ0v) is 16.7. The van der Waals surface area contributed by atoms with Crippen LogP contribution in [0.25, 0.3) is 0 Å². The van der Waals surface area contributed by atoms with Gasteiger partial charge in [0.1, 0.15) is 11.8 Å². The molecule has 9 nitrogen and oxygen atoms in total. The fourth-order valence-corrected chi connectivity index (χ4v) is 3.29. The predicted molar refractivity (Wildman–Crippen MR) is 101 cm³/mol. The number of aliphatic hydroxyl groups is 1. The van der Waals surface area contributed by atoms with E-state index in [2.05, 4.69) is 21.1 Å². The molecule has 0 spiro atoms. The summed E-state index contributed by atoms with van der Waals surface area (Å²) in [5.41, 5.74) is 0.108. The molecule has 1 aliphatic rings. The Hall–Kier alpha value is -2.42. The Bertz CT molecular complexity index is 688. The van der Waals surface area contributed by atoms with Gasteiger partial charge < -0.3 is 25.6 Å². The molecule has 3 atom stereocenters. The summed E-state index contributed by atoms with van der Waals surface area (Å²) in [6, 6.07) is 0.165. The van der Waals surface area contributed by atoms with Gasteiger partial charge >= 0.3 is 0 Å². The fraction of sp³-hybridized carbons (Fsp3) is 0.684. The van der Waals surface area contributed by atoms with Gasteiger partial charge in [-0.05, 0) is 38.5 Å². The van der Waals surface area contributed by atoms with E-state index >= 15 is 0 Å². The van der Waals surface area contributed by atoms with Crippen LogP contribution in [0.2, 0.25) is 0 Å². The van der Waals surface area contributed by atoms with E-state index in [9.17, 15) is 19.5 Å². The smallest absolute Gasteiger partial charge is 0.274 e. The molecule has 1 aromatic heterocycles. The lowest BCUT2D eigenvalue weighted by Gasteiger charge is -2.27. The van der Waals surface area contributed by atoms with Gasteiger partial charge in [-0.25, -0.2) is 0 Å². The lowest BCUT2D eigenvalue weighted by atomic mass is 9.91. The van der Waals surface area contributed by atoms with E-state index in [4.69, 9.17) is 4.52 Å². The number of aromatic nitrogens is 1. The third kappa shape index (κ3) is 6.33. The molecule has 0 radical (unpaired) electrons. The summed E-state index contributed by atoms with van der Waals surface area (Å²) in [5, 5.41) is 21.6. The minimum Gasteiger partial charge on any atom is -0.394 e. The van der Waals surface area contributed by atoms with Crippen molar-refractivity contribution in [1.82, 2.24) is 21.1 Å². The van der Waals surface area contributed by atoms with Crippen LogP contribution in [0, 0.1) is 18.8 Å². The number of nitrogens with zero attached hydrogens (tertiary/aromatic N) is 1. The van der Waals surface area contributed by atoms with Crippen LogP contribution in [0.4, 0.5) is 0 Å². The first-order valence-electron chi connectivity index (χ1n) is 9.73. The van der Waals surface area contributed by atoms with Crippen molar-refractivity contribution in [3.8, 4) is 0 Å². The number of aliphatic hydroxyl groups excluding tert-OH is 1. The third-order valence-electron chi connectivity index (χ3n) is 4.72. The van der Waals surface area contributed by atoms with Gasteiger partial charge in [-0.3, -0.25) is 14.4 Å². The molecule has 0 aromatic carbocycles. The average Bonchev–Trinajstić information content (AvgIpc) is 3.08. The second-order valence-electron chi connectivity index (χ2n) is 7.73. The van der Waals surface area contributed by atoms with Gasteiger partial charge in [0.05, 0.1) is 12.6 Å². The van der Waals surface area contributed by atoms with Crippen LogP contribution >= 0.6 is 0 Å². The van der Waals surface area contributed by atoms with Crippen molar-refractivity contribution in [2.45, 2.75) is 58.5 Å². The number of carbonyl (C=O) groups excluding carboxylic acids is 3. The summed E-state index contributed by atoms with van der Waals surface area (Å²) in [6.45, 7) is 5.95. The summed E-state index contributed by atoms with van der Waals surface area (Å²) in [5.74, 6) is -0.509. The zero-order valence-electron chi connectivity index (χ0n) is 16.7. The molecule has 28 heavy (non-hydrogen) atoms. The van der Waals surface area contributed by atoms with Crippen molar-refractivity contribution < 1.29 is 24.0 Å². The largest absolute Gasteiger partial charge is 0.394 e. The number of rotatable bonds is 9. The molecule has 1 aliphatic heterocycles. The van der Waals surface area contributed by atoms with Crippen LogP contribution in [0.1, 0.15) is 55.8 Å². The fourth-order valence-electron chi connectivity index (χ4n) is 3.29. The van der Waals surface area contributed by atoms with E-state index in [1.165, 1.54) is 6.07 Å². The number of piperidine rings is 1. The first kappa shape index (κ1) is 21.9. The minimum absolute atomic E-state index is 0.0487. The molecule has 0 saturated carbocycles. The molecule has 0 unspecified atom stereocenters. The van der Waals surface area contributed by atoms with Crippen molar-refractivity contribution in [2.75, 3.05) is 13.2 Å². The molecule has 1 fully saturated rings. The number of aryl methyl sites for hydroxylation is 1. The molecule has 3 amide bonds. The molecule has 2 rings (SSSR count). The van der Waals surface area contributed by atoms with Gasteiger partial charge in [-0.2, -0.15) is 0 Å². The number of amides is 3. The van der Waals surface area contributed by atoms with Crippen molar-refractivity contribution >= 4 is 17.7 Å².